The largest absolute Gasteiger partial charge is 0.467 e. The van der Waals surface area contributed by atoms with Crippen molar-refractivity contribution in [2.75, 3.05) is 7.11 Å². The number of nitrogens with one attached hydrogen (secondary N) is 2. The average molecular weight is 347 g/mol. The van der Waals surface area contributed by atoms with Crippen LogP contribution in [0.15, 0.2) is 18.6 Å². The van der Waals surface area contributed by atoms with E-state index in [-0.39, 0.29) is 5.91 Å². The number of imidazole rings is 1. The molecule has 2 aromatic heterocycles. The summed E-state index contributed by atoms with van der Waals surface area (Å²) in [5.74, 6) is -0.0314. The summed E-state index contributed by atoms with van der Waals surface area (Å²) in [4.78, 5) is 33.4. The number of thiophene rings is 1. The van der Waals surface area contributed by atoms with Gasteiger partial charge in [-0.15, -0.1) is 11.3 Å². The monoisotopic (exact) mass is 347 g/mol. The number of carbonyl (C=O) groups is 2. The Morgan fingerprint density at radius 1 is 1.54 bits per heavy atom. The van der Waals surface area contributed by atoms with Crippen LogP contribution >= 0.6 is 11.3 Å². The lowest BCUT2D eigenvalue weighted by Gasteiger charge is -2.16. The van der Waals surface area contributed by atoms with Crippen LogP contribution in [0, 0.1) is 5.92 Å². The standard InChI is InChI=1S/C17H21N3O3S/c1-10-3-4-14-11(5-10)6-15(24-14)16(21)20-13(17(22)23-2)7-12-8-18-9-19-12/h6,8-10,13H,3-5,7H2,1-2H3,(H,18,19)(H,20,21)/t10-,13-/m1/s1. The summed E-state index contributed by atoms with van der Waals surface area (Å²) in [6.45, 7) is 2.23. The molecule has 3 rings (SSSR count). The summed E-state index contributed by atoms with van der Waals surface area (Å²) in [5, 5.41) is 2.79. The first-order valence-corrected chi connectivity index (χ1v) is 8.86. The molecule has 2 atom stereocenters. The maximum atomic E-state index is 12.6. The van der Waals surface area contributed by atoms with Crippen molar-refractivity contribution in [1.82, 2.24) is 15.3 Å². The topological polar surface area (TPSA) is 84.1 Å². The number of aromatic nitrogens is 2. The Balaban J connectivity index is 1.72. The highest BCUT2D eigenvalue weighted by Crippen LogP contribution is 2.32. The van der Waals surface area contributed by atoms with Gasteiger partial charge < -0.3 is 15.0 Å². The summed E-state index contributed by atoms with van der Waals surface area (Å²) in [5.41, 5.74) is 2.04. The van der Waals surface area contributed by atoms with Gasteiger partial charge in [0.05, 0.1) is 18.3 Å². The van der Waals surface area contributed by atoms with Gasteiger partial charge in [0.1, 0.15) is 6.04 Å². The van der Waals surface area contributed by atoms with Crippen LogP contribution in [-0.2, 0) is 28.8 Å². The van der Waals surface area contributed by atoms with Crippen molar-refractivity contribution >= 4 is 23.2 Å². The molecule has 128 valence electrons. The van der Waals surface area contributed by atoms with Gasteiger partial charge in [-0.3, -0.25) is 4.79 Å². The van der Waals surface area contributed by atoms with Gasteiger partial charge in [-0.2, -0.15) is 0 Å². The quantitative estimate of drug-likeness (QED) is 0.812. The Kier molecular flexibility index (Phi) is 4.99. The normalized spacial score (nSPS) is 17.8. The first-order chi connectivity index (χ1) is 11.6. The molecule has 0 aliphatic heterocycles. The van der Waals surface area contributed by atoms with E-state index in [1.54, 1.807) is 12.5 Å². The van der Waals surface area contributed by atoms with E-state index < -0.39 is 12.0 Å². The second-order valence-electron chi connectivity index (χ2n) is 6.24. The number of hydrogen-bond donors (Lipinski definition) is 2. The molecule has 0 unspecified atom stereocenters. The number of rotatable bonds is 5. The van der Waals surface area contributed by atoms with Gasteiger partial charge in [-0.25, -0.2) is 9.78 Å². The maximum Gasteiger partial charge on any atom is 0.328 e. The van der Waals surface area contributed by atoms with Crippen molar-refractivity contribution in [3.8, 4) is 0 Å². The molecule has 2 aromatic rings. The van der Waals surface area contributed by atoms with E-state index in [1.807, 2.05) is 6.07 Å². The SMILES string of the molecule is COC(=O)[C@@H](Cc1cnc[nH]1)NC(=O)c1cc2c(s1)CC[C@@H](C)C2. The Bertz CT molecular complexity index is 724. The highest BCUT2D eigenvalue weighted by molar-refractivity contribution is 7.14. The van der Waals surface area contributed by atoms with E-state index in [1.165, 1.54) is 35.3 Å². The Morgan fingerprint density at radius 3 is 3.08 bits per heavy atom. The lowest BCUT2D eigenvalue weighted by Crippen LogP contribution is -2.42. The highest BCUT2D eigenvalue weighted by atomic mass is 32.1. The molecule has 0 saturated heterocycles. The predicted octanol–water partition coefficient (Wildman–Crippen LogP) is 2.11. The van der Waals surface area contributed by atoms with Crippen molar-refractivity contribution < 1.29 is 14.3 Å². The molecule has 2 heterocycles. The minimum atomic E-state index is -0.735. The second kappa shape index (κ2) is 7.17. The van der Waals surface area contributed by atoms with E-state index in [0.29, 0.717) is 17.2 Å². The van der Waals surface area contributed by atoms with Gasteiger partial charge in [0, 0.05) is 23.2 Å². The molecule has 0 fully saturated rings. The fraction of sp³-hybridized carbons (Fsp3) is 0.471. The van der Waals surface area contributed by atoms with Crippen molar-refractivity contribution in [1.29, 1.82) is 0 Å². The molecule has 0 radical (unpaired) electrons. The van der Waals surface area contributed by atoms with Gasteiger partial charge in [0.15, 0.2) is 0 Å². The summed E-state index contributed by atoms with van der Waals surface area (Å²) < 4.78 is 4.81. The van der Waals surface area contributed by atoms with Gasteiger partial charge >= 0.3 is 5.97 Å². The number of methoxy groups -OCH3 is 1. The number of carbonyl (C=O) groups excluding carboxylic acids is 2. The van der Waals surface area contributed by atoms with Gasteiger partial charge in [0.25, 0.3) is 5.91 Å². The van der Waals surface area contributed by atoms with Crippen molar-refractivity contribution in [3.63, 3.8) is 0 Å². The van der Waals surface area contributed by atoms with Crippen LogP contribution in [0.4, 0.5) is 0 Å². The number of H-pyrrole nitrogens is 1. The summed E-state index contributed by atoms with van der Waals surface area (Å²) >= 11 is 1.53. The smallest absolute Gasteiger partial charge is 0.328 e. The predicted molar refractivity (Wildman–Crippen MR) is 91.1 cm³/mol. The number of amides is 1. The van der Waals surface area contributed by atoms with Crippen LogP contribution in [0.1, 0.15) is 39.2 Å². The lowest BCUT2D eigenvalue weighted by molar-refractivity contribution is -0.142. The van der Waals surface area contributed by atoms with E-state index in [2.05, 4.69) is 22.2 Å². The number of nitrogens with zero attached hydrogens (tertiary/aromatic N) is 1. The molecule has 2 N–H and O–H groups in total. The molecule has 1 amide bonds. The molecule has 0 saturated carbocycles. The molecule has 0 spiro atoms. The zero-order chi connectivity index (χ0) is 17.1. The lowest BCUT2D eigenvalue weighted by atomic mass is 9.90. The van der Waals surface area contributed by atoms with Gasteiger partial charge in [-0.1, -0.05) is 6.92 Å². The summed E-state index contributed by atoms with van der Waals surface area (Å²) in [6, 6.07) is 1.23. The van der Waals surface area contributed by atoms with Crippen molar-refractivity contribution in [3.05, 3.63) is 39.6 Å². The first kappa shape index (κ1) is 16.7. The Morgan fingerprint density at radius 2 is 2.38 bits per heavy atom. The Hall–Kier alpha value is -2.15. The van der Waals surface area contributed by atoms with E-state index >= 15 is 0 Å². The van der Waals surface area contributed by atoms with Gasteiger partial charge in [-0.05, 0) is 36.8 Å². The molecule has 0 aromatic carbocycles. The van der Waals surface area contributed by atoms with Crippen LogP contribution in [0.5, 0.6) is 0 Å². The molecular weight excluding hydrogens is 326 g/mol. The van der Waals surface area contributed by atoms with Crippen LogP contribution in [0.2, 0.25) is 0 Å². The Labute approximate surface area is 144 Å². The number of esters is 1. The molecule has 0 bridgehead atoms. The number of aromatic amines is 1. The number of hydrogen-bond acceptors (Lipinski definition) is 5. The van der Waals surface area contributed by atoms with Crippen LogP contribution in [-0.4, -0.2) is 35.0 Å². The number of ether oxygens (including phenoxy) is 1. The second-order valence-corrected chi connectivity index (χ2v) is 7.37. The minimum Gasteiger partial charge on any atom is -0.467 e. The zero-order valence-corrected chi connectivity index (χ0v) is 14.6. The number of fused-ring (bicyclic) bond motifs is 1. The van der Waals surface area contributed by atoms with E-state index in [4.69, 9.17) is 4.74 Å². The third-order valence-electron chi connectivity index (χ3n) is 4.32. The molecule has 7 heteroatoms. The molecule has 1 aliphatic rings. The summed E-state index contributed by atoms with van der Waals surface area (Å²) in [7, 11) is 1.32. The third kappa shape index (κ3) is 3.67. The average Bonchev–Trinajstić information content (AvgIpc) is 3.22. The first-order valence-electron chi connectivity index (χ1n) is 8.04. The zero-order valence-electron chi connectivity index (χ0n) is 13.8. The van der Waals surface area contributed by atoms with Crippen molar-refractivity contribution in [2.24, 2.45) is 5.92 Å². The molecular formula is C17H21N3O3S. The fourth-order valence-electron chi connectivity index (χ4n) is 3.00. The maximum absolute atomic E-state index is 12.6. The van der Waals surface area contributed by atoms with E-state index in [9.17, 15) is 9.59 Å². The van der Waals surface area contributed by atoms with Crippen LogP contribution in [0.25, 0.3) is 0 Å². The van der Waals surface area contributed by atoms with Gasteiger partial charge in [0.2, 0.25) is 0 Å². The minimum absolute atomic E-state index is 0.225. The number of aryl methyl sites for hydroxylation is 1. The van der Waals surface area contributed by atoms with E-state index in [0.717, 1.165) is 18.5 Å². The fourth-order valence-corrected chi connectivity index (χ4v) is 4.11. The van der Waals surface area contributed by atoms with Crippen LogP contribution in [0.3, 0.4) is 0 Å². The molecule has 24 heavy (non-hydrogen) atoms. The highest BCUT2D eigenvalue weighted by Gasteiger charge is 2.26. The van der Waals surface area contributed by atoms with Crippen molar-refractivity contribution in [2.45, 2.75) is 38.6 Å². The third-order valence-corrected chi connectivity index (χ3v) is 5.56. The summed E-state index contributed by atoms with van der Waals surface area (Å²) in [6.07, 6.45) is 6.71. The molecule has 6 nitrogen and oxygen atoms in total. The van der Waals surface area contributed by atoms with Crippen LogP contribution < -0.4 is 5.32 Å². The molecule has 1 aliphatic carbocycles.